The molecule has 2 amide bonds. The Morgan fingerprint density at radius 3 is 2.57 bits per heavy atom. The summed E-state index contributed by atoms with van der Waals surface area (Å²) < 4.78 is 19.9. The molecule has 156 valence electrons. The number of ether oxygens (including phenoxy) is 1. The summed E-state index contributed by atoms with van der Waals surface area (Å²) in [4.78, 5) is 37.0. The Bertz CT molecular complexity index is 1170. The molecule has 0 saturated heterocycles. The van der Waals surface area contributed by atoms with Gasteiger partial charge in [-0.05, 0) is 45.0 Å². The third-order valence-corrected chi connectivity index (χ3v) is 3.95. The van der Waals surface area contributed by atoms with Crippen molar-refractivity contribution in [3.63, 3.8) is 0 Å². The second kappa shape index (κ2) is 8.32. The Balaban J connectivity index is 1.78. The number of rotatable bonds is 4. The van der Waals surface area contributed by atoms with E-state index in [9.17, 15) is 18.8 Å². The average Bonchev–Trinajstić information content (AvgIpc) is 2.65. The number of hydrogen-bond donors (Lipinski definition) is 2. The quantitative estimate of drug-likeness (QED) is 0.683. The first-order valence-corrected chi connectivity index (χ1v) is 9.17. The molecule has 0 atom stereocenters. The molecule has 0 saturated carbocycles. The summed E-state index contributed by atoms with van der Waals surface area (Å²) in [5.74, 6) is -1.22. The maximum Gasteiger partial charge on any atom is 0.412 e. The van der Waals surface area contributed by atoms with Crippen molar-refractivity contribution in [2.75, 3.05) is 10.6 Å². The Morgan fingerprint density at radius 2 is 1.83 bits per heavy atom. The molecule has 0 aliphatic rings. The van der Waals surface area contributed by atoms with Gasteiger partial charge in [0.05, 0.1) is 23.0 Å². The van der Waals surface area contributed by atoms with E-state index in [0.717, 1.165) is 16.8 Å². The minimum atomic E-state index is -0.753. The van der Waals surface area contributed by atoms with Crippen molar-refractivity contribution in [3.05, 3.63) is 64.8 Å². The predicted octanol–water partition coefficient (Wildman–Crippen LogP) is 3.52. The van der Waals surface area contributed by atoms with E-state index in [-0.39, 0.29) is 17.9 Å². The van der Waals surface area contributed by atoms with Gasteiger partial charge in [-0.1, -0.05) is 18.2 Å². The monoisotopic (exact) mass is 412 g/mol. The van der Waals surface area contributed by atoms with Crippen LogP contribution >= 0.6 is 0 Å². The minimum absolute atomic E-state index is 0.0275. The number of carbonyl (C=O) groups is 2. The molecule has 1 heterocycles. The Morgan fingerprint density at radius 1 is 1.10 bits per heavy atom. The number of benzene rings is 2. The fourth-order valence-electron chi connectivity index (χ4n) is 2.71. The third kappa shape index (κ3) is 5.19. The van der Waals surface area contributed by atoms with Crippen LogP contribution in [-0.4, -0.2) is 27.4 Å². The molecule has 0 spiro atoms. The Hall–Kier alpha value is -3.75. The van der Waals surface area contributed by atoms with Gasteiger partial charge in [0.2, 0.25) is 5.91 Å². The van der Waals surface area contributed by atoms with E-state index >= 15 is 0 Å². The van der Waals surface area contributed by atoms with Crippen molar-refractivity contribution in [2.45, 2.75) is 32.9 Å². The van der Waals surface area contributed by atoms with Crippen LogP contribution in [0.3, 0.4) is 0 Å². The van der Waals surface area contributed by atoms with Crippen molar-refractivity contribution in [1.82, 2.24) is 9.78 Å². The van der Waals surface area contributed by atoms with Crippen LogP contribution in [0, 0.1) is 5.82 Å². The molecule has 0 aliphatic heterocycles. The number of hydrogen-bond acceptors (Lipinski definition) is 5. The van der Waals surface area contributed by atoms with Gasteiger partial charge in [-0.2, -0.15) is 5.10 Å². The standard InChI is InChI=1S/C21H21FN4O4/c1-21(2,3)30-20(29)25-16-9-8-14(22)10-17(16)24-18(27)12-26-19(28)15-7-5-4-6-13(15)11-23-26/h4-11H,12H2,1-3H3,(H,24,27)(H,25,29). The zero-order chi connectivity index (χ0) is 21.9. The van der Waals surface area contributed by atoms with Gasteiger partial charge in [0.1, 0.15) is 18.0 Å². The molecule has 2 aromatic carbocycles. The fraction of sp³-hybridized carbons (Fsp3) is 0.238. The summed E-state index contributed by atoms with van der Waals surface area (Å²) in [6.45, 7) is 4.72. The number of halogens is 1. The smallest absolute Gasteiger partial charge is 0.412 e. The number of carbonyl (C=O) groups excluding carboxylic acids is 2. The highest BCUT2D eigenvalue weighted by Crippen LogP contribution is 2.24. The fourth-order valence-corrected chi connectivity index (χ4v) is 2.71. The van der Waals surface area contributed by atoms with Crippen molar-refractivity contribution in [1.29, 1.82) is 0 Å². The summed E-state index contributed by atoms with van der Waals surface area (Å²) in [6, 6.07) is 10.4. The molecule has 0 aliphatic carbocycles. The highest BCUT2D eigenvalue weighted by molar-refractivity contribution is 5.97. The molecule has 1 aromatic heterocycles. The van der Waals surface area contributed by atoms with E-state index < -0.39 is 29.0 Å². The molecule has 0 radical (unpaired) electrons. The molecule has 0 fully saturated rings. The third-order valence-electron chi connectivity index (χ3n) is 3.95. The Kier molecular flexibility index (Phi) is 5.81. The lowest BCUT2D eigenvalue weighted by Crippen LogP contribution is -2.30. The first-order valence-electron chi connectivity index (χ1n) is 9.17. The van der Waals surface area contributed by atoms with E-state index in [4.69, 9.17) is 4.74 Å². The highest BCUT2D eigenvalue weighted by atomic mass is 19.1. The second-order valence-corrected chi connectivity index (χ2v) is 7.56. The summed E-state index contributed by atoms with van der Waals surface area (Å²) in [5, 5.41) is 10.1. The van der Waals surface area contributed by atoms with Crippen LogP contribution in [0.4, 0.5) is 20.6 Å². The molecule has 8 nitrogen and oxygen atoms in total. The summed E-state index contributed by atoms with van der Waals surface area (Å²) >= 11 is 0. The molecule has 0 unspecified atom stereocenters. The van der Waals surface area contributed by atoms with Crippen molar-refractivity contribution >= 4 is 34.1 Å². The SMILES string of the molecule is CC(C)(C)OC(=O)Nc1ccc(F)cc1NC(=O)Cn1ncc2ccccc2c1=O. The van der Waals surface area contributed by atoms with E-state index in [0.29, 0.717) is 10.8 Å². The van der Waals surface area contributed by atoms with Gasteiger partial charge in [-0.15, -0.1) is 0 Å². The molecular weight excluding hydrogens is 391 g/mol. The van der Waals surface area contributed by atoms with Crippen LogP contribution in [0.5, 0.6) is 0 Å². The van der Waals surface area contributed by atoms with Crippen molar-refractivity contribution in [3.8, 4) is 0 Å². The number of aromatic nitrogens is 2. The van der Waals surface area contributed by atoms with Gasteiger partial charge in [0.15, 0.2) is 0 Å². The zero-order valence-electron chi connectivity index (χ0n) is 16.7. The lowest BCUT2D eigenvalue weighted by Gasteiger charge is -2.20. The first kappa shape index (κ1) is 21.0. The second-order valence-electron chi connectivity index (χ2n) is 7.56. The van der Waals surface area contributed by atoms with E-state index in [1.807, 2.05) is 0 Å². The van der Waals surface area contributed by atoms with Crippen LogP contribution in [0.1, 0.15) is 20.8 Å². The number of fused-ring (bicyclic) bond motifs is 1. The van der Waals surface area contributed by atoms with E-state index in [1.165, 1.54) is 12.3 Å². The lowest BCUT2D eigenvalue weighted by molar-refractivity contribution is -0.117. The lowest BCUT2D eigenvalue weighted by atomic mass is 10.2. The number of anilines is 2. The molecule has 3 aromatic rings. The number of nitrogens with one attached hydrogen (secondary N) is 2. The zero-order valence-corrected chi connectivity index (χ0v) is 16.7. The van der Waals surface area contributed by atoms with Crippen LogP contribution in [0.2, 0.25) is 0 Å². The highest BCUT2D eigenvalue weighted by Gasteiger charge is 2.18. The molecule has 3 rings (SSSR count). The summed E-state index contributed by atoms with van der Waals surface area (Å²) in [7, 11) is 0. The molecule has 9 heteroatoms. The summed E-state index contributed by atoms with van der Waals surface area (Å²) in [5.41, 5.74) is -0.969. The van der Waals surface area contributed by atoms with Gasteiger partial charge in [0.25, 0.3) is 5.56 Å². The van der Waals surface area contributed by atoms with Crippen LogP contribution in [-0.2, 0) is 16.1 Å². The van der Waals surface area contributed by atoms with Gasteiger partial charge in [-0.25, -0.2) is 13.9 Å². The molecule has 2 N–H and O–H groups in total. The van der Waals surface area contributed by atoms with E-state index in [2.05, 4.69) is 15.7 Å². The minimum Gasteiger partial charge on any atom is -0.444 e. The largest absolute Gasteiger partial charge is 0.444 e. The van der Waals surface area contributed by atoms with Crippen molar-refractivity contribution in [2.24, 2.45) is 0 Å². The van der Waals surface area contributed by atoms with Gasteiger partial charge in [0, 0.05) is 5.39 Å². The van der Waals surface area contributed by atoms with Crippen LogP contribution < -0.4 is 16.2 Å². The number of nitrogens with zero attached hydrogens (tertiary/aromatic N) is 2. The van der Waals surface area contributed by atoms with Gasteiger partial charge >= 0.3 is 6.09 Å². The van der Waals surface area contributed by atoms with E-state index in [1.54, 1.807) is 45.0 Å². The topological polar surface area (TPSA) is 102 Å². The average molecular weight is 412 g/mol. The first-order chi connectivity index (χ1) is 14.1. The molecule has 30 heavy (non-hydrogen) atoms. The van der Waals surface area contributed by atoms with Crippen molar-refractivity contribution < 1.29 is 18.7 Å². The maximum absolute atomic E-state index is 13.7. The van der Waals surface area contributed by atoms with Gasteiger partial charge < -0.3 is 10.1 Å². The van der Waals surface area contributed by atoms with Crippen LogP contribution in [0.15, 0.2) is 53.5 Å². The normalized spacial score (nSPS) is 11.2. The maximum atomic E-state index is 13.7. The van der Waals surface area contributed by atoms with Crippen LogP contribution in [0.25, 0.3) is 10.8 Å². The predicted molar refractivity (Wildman–Crippen MR) is 111 cm³/mol. The number of amides is 2. The molecular formula is C21H21FN4O4. The van der Waals surface area contributed by atoms with Gasteiger partial charge in [-0.3, -0.25) is 14.9 Å². The Labute approximate surface area is 171 Å². The molecule has 0 bridgehead atoms. The summed E-state index contributed by atoms with van der Waals surface area (Å²) in [6.07, 6.45) is 0.735.